The summed E-state index contributed by atoms with van der Waals surface area (Å²) in [5.74, 6) is 0.0596. The molecule has 166 valence electrons. The molecule has 0 unspecified atom stereocenters. The van der Waals surface area contributed by atoms with Crippen LogP contribution < -0.4 is 9.47 Å². The Morgan fingerprint density at radius 1 is 0.970 bits per heavy atom. The lowest BCUT2D eigenvalue weighted by Gasteiger charge is -2.09. The molecule has 0 fully saturated rings. The van der Waals surface area contributed by atoms with Crippen LogP contribution in [0.15, 0.2) is 73.3 Å². The first-order valence-corrected chi connectivity index (χ1v) is 10.5. The van der Waals surface area contributed by atoms with Gasteiger partial charge in [-0.3, -0.25) is 0 Å². The number of hydrogen-bond acceptors (Lipinski definition) is 6. The largest absolute Gasteiger partial charge is 0.481 e. The fourth-order valence-electron chi connectivity index (χ4n) is 3.76. The van der Waals surface area contributed by atoms with E-state index < -0.39 is 5.97 Å². The van der Waals surface area contributed by atoms with Crippen molar-refractivity contribution < 1.29 is 19.4 Å². The summed E-state index contributed by atoms with van der Waals surface area (Å²) in [6, 6.07) is 17.3. The second-order valence-corrected chi connectivity index (χ2v) is 7.39. The van der Waals surface area contributed by atoms with E-state index >= 15 is 0 Å². The van der Waals surface area contributed by atoms with Crippen LogP contribution in [0.1, 0.15) is 6.42 Å². The Bertz CT molecular complexity index is 1410. The van der Waals surface area contributed by atoms with Gasteiger partial charge in [-0.2, -0.15) is 5.10 Å². The average molecular weight is 443 g/mol. The minimum atomic E-state index is -1.00. The van der Waals surface area contributed by atoms with E-state index in [-0.39, 0.29) is 6.61 Å². The number of aliphatic carboxylic acids is 1. The fraction of sp³-hybridized carbons (Fsp3) is 0.167. The first-order chi connectivity index (χ1) is 16.2. The van der Waals surface area contributed by atoms with E-state index in [2.05, 4.69) is 19.6 Å². The second kappa shape index (κ2) is 8.99. The number of para-hydroxylation sites is 1. The molecule has 3 aromatic heterocycles. The van der Waals surface area contributed by atoms with Gasteiger partial charge in [0.05, 0.1) is 24.0 Å². The van der Waals surface area contributed by atoms with Crippen LogP contribution in [0.25, 0.3) is 27.6 Å². The van der Waals surface area contributed by atoms with Crippen LogP contribution in [0.5, 0.6) is 11.6 Å². The third kappa shape index (κ3) is 4.20. The number of carboxylic acids is 1. The molecule has 3 heterocycles. The van der Waals surface area contributed by atoms with Gasteiger partial charge in [0.25, 0.3) is 0 Å². The van der Waals surface area contributed by atoms with Crippen LogP contribution in [0.4, 0.5) is 0 Å². The van der Waals surface area contributed by atoms with E-state index in [1.54, 1.807) is 16.9 Å². The molecule has 0 saturated carbocycles. The number of carboxylic acid groups (broad SMARTS) is 1. The number of fused-ring (bicyclic) bond motifs is 2. The zero-order valence-corrected chi connectivity index (χ0v) is 17.7. The quantitative estimate of drug-likeness (QED) is 0.346. The zero-order valence-electron chi connectivity index (χ0n) is 17.7. The summed E-state index contributed by atoms with van der Waals surface area (Å²) in [5, 5.41) is 14.9. The molecule has 5 rings (SSSR count). The summed E-state index contributed by atoms with van der Waals surface area (Å²) in [4.78, 5) is 19.5. The highest BCUT2D eigenvalue weighted by Gasteiger charge is 2.12. The van der Waals surface area contributed by atoms with Crippen LogP contribution in [-0.2, 0) is 11.3 Å². The lowest BCUT2D eigenvalue weighted by atomic mass is 10.2. The van der Waals surface area contributed by atoms with E-state index in [1.165, 1.54) is 6.33 Å². The first kappa shape index (κ1) is 20.5. The van der Waals surface area contributed by atoms with Crippen molar-refractivity contribution in [3.05, 3.63) is 73.3 Å². The molecule has 0 aliphatic heterocycles. The molecule has 5 aromatic rings. The molecule has 33 heavy (non-hydrogen) atoms. The molecule has 0 bridgehead atoms. The maximum Gasteiger partial charge on any atom is 0.341 e. The number of nitrogens with zero attached hydrogens (tertiary/aromatic N) is 5. The predicted molar refractivity (Wildman–Crippen MR) is 122 cm³/mol. The molecule has 9 heteroatoms. The van der Waals surface area contributed by atoms with Crippen molar-refractivity contribution in [2.24, 2.45) is 0 Å². The third-order valence-corrected chi connectivity index (χ3v) is 5.24. The Labute approximate surface area is 188 Å². The van der Waals surface area contributed by atoms with Crippen LogP contribution in [0.3, 0.4) is 0 Å². The predicted octanol–water partition coefficient (Wildman–Crippen LogP) is 3.70. The second-order valence-electron chi connectivity index (χ2n) is 7.39. The normalized spacial score (nSPS) is 11.2. The van der Waals surface area contributed by atoms with Gasteiger partial charge in [0.1, 0.15) is 17.5 Å². The van der Waals surface area contributed by atoms with Crippen molar-refractivity contribution in [3.63, 3.8) is 0 Å². The molecule has 0 spiro atoms. The summed E-state index contributed by atoms with van der Waals surface area (Å²) in [7, 11) is 0. The molecule has 0 atom stereocenters. The van der Waals surface area contributed by atoms with Crippen LogP contribution in [0.2, 0.25) is 0 Å². The van der Waals surface area contributed by atoms with E-state index in [1.807, 2.05) is 54.7 Å². The molecule has 9 nitrogen and oxygen atoms in total. The summed E-state index contributed by atoms with van der Waals surface area (Å²) < 4.78 is 15.2. The monoisotopic (exact) mass is 443 g/mol. The van der Waals surface area contributed by atoms with Crippen LogP contribution >= 0.6 is 0 Å². The highest BCUT2D eigenvalue weighted by molar-refractivity contribution is 5.87. The van der Waals surface area contributed by atoms with E-state index in [4.69, 9.17) is 14.6 Å². The number of rotatable bonds is 9. The summed E-state index contributed by atoms with van der Waals surface area (Å²) in [5.41, 5.74) is 2.59. The minimum Gasteiger partial charge on any atom is -0.481 e. The minimum absolute atomic E-state index is 0.369. The molecule has 0 aliphatic carbocycles. The molecule has 2 aromatic carbocycles. The van der Waals surface area contributed by atoms with E-state index in [0.29, 0.717) is 23.9 Å². The molecule has 1 N–H and O–H groups in total. The van der Waals surface area contributed by atoms with Gasteiger partial charge in [-0.05, 0) is 36.8 Å². The van der Waals surface area contributed by atoms with Gasteiger partial charge in [0.2, 0.25) is 5.88 Å². The van der Waals surface area contributed by atoms with Crippen LogP contribution in [0, 0.1) is 0 Å². The highest BCUT2D eigenvalue weighted by atomic mass is 16.5. The molecule has 0 amide bonds. The van der Waals surface area contributed by atoms with Gasteiger partial charge >= 0.3 is 5.97 Å². The van der Waals surface area contributed by atoms with Gasteiger partial charge in [-0.15, -0.1) is 0 Å². The third-order valence-electron chi connectivity index (χ3n) is 5.24. The van der Waals surface area contributed by atoms with E-state index in [9.17, 15) is 4.79 Å². The van der Waals surface area contributed by atoms with Crippen LogP contribution in [-0.4, -0.2) is 48.6 Å². The maximum atomic E-state index is 10.8. The van der Waals surface area contributed by atoms with Gasteiger partial charge in [0, 0.05) is 18.1 Å². The topological polar surface area (TPSA) is 104 Å². The highest BCUT2D eigenvalue weighted by Crippen LogP contribution is 2.27. The summed E-state index contributed by atoms with van der Waals surface area (Å²) in [6.07, 6.45) is 5.92. The number of carbonyl (C=O) groups is 1. The summed E-state index contributed by atoms with van der Waals surface area (Å²) in [6.45, 7) is 0.827. The Morgan fingerprint density at radius 3 is 2.70 bits per heavy atom. The van der Waals surface area contributed by atoms with Crippen molar-refractivity contribution >= 4 is 27.9 Å². The smallest absolute Gasteiger partial charge is 0.341 e. The SMILES string of the molecule is O=C(O)COc1cccc2c1ccn2CCCOc1ncnc2c1cnn2-c1ccccc1. The number of ether oxygens (including phenoxy) is 2. The molecule has 0 aliphatic rings. The van der Waals surface area contributed by atoms with Crippen molar-refractivity contribution in [3.8, 4) is 17.3 Å². The van der Waals surface area contributed by atoms with Gasteiger partial charge in [0.15, 0.2) is 12.3 Å². The van der Waals surface area contributed by atoms with Crippen molar-refractivity contribution in [1.82, 2.24) is 24.3 Å². The van der Waals surface area contributed by atoms with Gasteiger partial charge in [-0.1, -0.05) is 24.3 Å². The number of aromatic nitrogens is 5. The van der Waals surface area contributed by atoms with Gasteiger partial charge in [-0.25, -0.2) is 19.4 Å². The lowest BCUT2D eigenvalue weighted by molar-refractivity contribution is -0.139. The maximum absolute atomic E-state index is 10.8. The Balaban J connectivity index is 1.25. The Kier molecular flexibility index (Phi) is 5.59. The molecule has 0 saturated heterocycles. The van der Waals surface area contributed by atoms with Crippen molar-refractivity contribution in [2.75, 3.05) is 13.2 Å². The fourth-order valence-corrected chi connectivity index (χ4v) is 3.76. The first-order valence-electron chi connectivity index (χ1n) is 10.5. The number of aryl methyl sites for hydroxylation is 1. The molecular weight excluding hydrogens is 422 g/mol. The van der Waals surface area contributed by atoms with Crippen molar-refractivity contribution in [2.45, 2.75) is 13.0 Å². The standard InChI is InChI=1S/C24H21N5O4/c30-22(31)15-33-21-9-4-8-20-18(21)10-12-28(20)11-5-13-32-24-19-14-27-29(23(19)25-16-26-24)17-6-2-1-3-7-17/h1-4,6-10,12,14,16H,5,11,13,15H2,(H,30,31). The number of benzene rings is 2. The lowest BCUT2D eigenvalue weighted by Crippen LogP contribution is -2.09. The van der Waals surface area contributed by atoms with Crippen molar-refractivity contribution in [1.29, 1.82) is 0 Å². The average Bonchev–Trinajstić information content (AvgIpc) is 3.46. The number of hydrogen-bond donors (Lipinski definition) is 1. The Morgan fingerprint density at radius 2 is 1.85 bits per heavy atom. The molecule has 0 radical (unpaired) electrons. The summed E-state index contributed by atoms with van der Waals surface area (Å²) >= 11 is 0. The van der Waals surface area contributed by atoms with E-state index in [0.717, 1.165) is 34.9 Å². The Hall–Kier alpha value is -4.40. The molecular formula is C24H21N5O4. The zero-order chi connectivity index (χ0) is 22.6. The van der Waals surface area contributed by atoms with Gasteiger partial charge < -0.3 is 19.1 Å².